The first kappa shape index (κ1) is 17.5. The molecule has 1 N–H and O–H groups in total. The minimum absolute atomic E-state index is 0.0844. The second-order valence-electron chi connectivity index (χ2n) is 6.07. The zero-order valence-corrected chi connectivity index (χ0v) is 14.5. The molecule has 0 unspecified atom stereocenters. The summed E-state index contributed by atoms with van der Waals surface area (Å²) >= 11 is 0. The lowest BCUT2D eigenvalue weighted by molar-refractivity contribution is 0.101. The number of benzene rings is 2. The van der Waals surface area contributed by atoms with Crippen LogP contribution in [0.25, 0.3) is 0 Å². The lowest BCUT2D eigenvalue weighted by Gasteiger charge is -2.12. The van der Waals surface area contributed by atoms with Crippen molar-refractivity contribution in [3.8, 4) is 0 Å². The maximum atomic E-state index is 13.3. The van der Waals surface area contributed by atoms with Crippen molar-refractivity contribution < 1.29 is 9.18 Å². The molecule has 3 rings (SSSR count). The summed E-state index contributed by atoms with van der Waals surface area (Å²) in [5, 5.41) is 6.96. The van der Waals surface area contributed by atoms with Crippen LogP contribution in [0.15, 0.2) is 59.4 Å². The molecule has 0 saturated carbocycles. The maximum absolute atomic E-state index is 13.3. The second kappa shape index (κ2) is 7.31. The average molecular weight is 351 g/mol. The maximum Gasteiger partial charge on any atom is 0.276 e. The van der Waals surface area contributed by atoms with Gasteiger partial charge in [0.05, 0.1) is 6.54 Å². The summed E-state index contributed by atoms with van der Waals surface area (Å²) in [6.07, 6.45) is 0. The molecule has 6 heteroatoms. The monoisotopic (exact) mass is 351 g/mol. The summed E-state index contributed by atoms with van der Waals surface area (Å²) in [5.41, 5.74) is 2.94. The van der Waals surface area contributed by atoms with E-state index in [1.54, 1.807) is 12.1 Å². The molecule has 0 fully saturated rings. The number of nitrogens with one attached hydrogen (secondary N) is 1. The molecular formula is C20H18FN3O2. The second-order valence-corrected chi connectivity index (χ2v) is 6.07. The van der Waals surface area contributed by atoms with Crippen molar-refractivity contribution >= 4 is 11.6 Å². The lowest BCUT2D eigenvalue weighted by atomic mass is 10.1. The number of rotatable bonds is 4. The smallest absolute Gasteiger partial charge is 0.276 e. The zero-order valence-electron chi connectivity index (χ0n) is 14.5. The number of aryl methyl sites for hydroxylation is 2. The molecular weight excluding hydrogens is 333 g/mol. The number of halogens is 1. The Balaban J connectivity index is 1.87. The summed E-state index contributed by atoms with van der Waals surface area (Å²) in [7, 11) is 0. The first-order valence-electron chi connectivity index (χ1n) is 8.14. The Kier molecular flexibility index (Phi) is 4.93. The number of hydrogen-bond donors (Lipinski definition) is 1. The fourth-order valence-corrected chi connectivity index (χ4v) is 2.68. The van der Waals surface area contributed by atoms with Crippen molar-refractivity contribution in [2.45, 2.75) is 20.4 Å². The number of aromatic nitrogens is 2. The zero-order chi connectivity index (χ0) is 18.7. The molecule has 0 aliphatic carbocycles. The number of carbonyl (C=O) groups excluding carboxylic acids is 1. The topological polar surface area (TPSA) is 64.0 Å². The van der Waals surface area contributed by atoms with Crippen LogP contribution >= 0.6 is 0 Å². The Morgan fingerprint density at radius 1 is 1.08 bits per heavy atom. The van der Waals surface area contributed by atoms with E-state index < -0.39 is 5.91 Å². The summed E-state index contributed by atoms with van der Waals surface area (Å²) in [6.45, 7) is 3.89. The Morgan fingerprint density at radius 3 is 2.46 bits per heavy atom. The van der Waals surface area contributed by atoms with Crippen LogP contribution in [0.2, 0.25) is 0 Å². The molecule has 0 atom stereocenters. The third-order valence-corrected chi connectivity index (χ3v) is 4.04. The van der Waals surface area contributed by atoms with Gasteiger partial charge in [-0.05, 0) is 48.7 Å². The quantitative estimate of drug-likeness (QED) is 0.784. The summed E-state index contributed by atoms with van der Waals surface area (Å²) in [4.78, 5) is 24.6. The van der Waals surface area contributed by atoms with Gasteiger partial charge in [-0.3, -0.25) is 9.59 Å². The van der Waals surface area contributed by atoms with Crippen LogP contribution < -0.4 is 10.9 Å². The van der Waals surface area contributed by atoms with E-state index in [0.717, 1.165) is 21.5 Å². The van der Waals surface area contributed by atoms with Crippen molar-refractivity contribution in [3.63, 3.8) is 0 Å². The van der Waals surface area contributed by atoms with E-state index in [1.165, 1.54) is 24.3 Å². The molecule has 3 aromatic rings. The van der Waals surface area contributed by atoms with Gasteiger partial charge in [0, 0.05) is 11.8 Å². The third kappa shape index (κ3) is 3.85. The molecule has 5 nitrogen and oxygen atoms in total. The Bertz CT molecular complexity index is 1010. The van der Waals surface area contributed by atoms with Gasteiger partial charge >= 0.3 is 0 Å². The molecule has 132 valence electrons. The number of carbonyl (C=O) groups is 1. The first-order chi connectivity index (χ1) is 12.4. The van der Waals surface area contributed by atoms with E-state index in [1.807, 2.05) is 32.0 Å². The Morgan fingerprint density at radius 2 is 1.77 bits per heavy atom. The largest absolute Gasteiger partial charge is 0.320 e. The molecule has 0 aliphatic heterocycles. The molecule has 1 amide bonds. The summed E-state index contributed by atoms with van der Waals surface area (Å²) < 4.78 is 14.5. The molecule has 26 heavy (non-hydrogen) atoms. The highest BCUT2D eigenvalue weighted by atomic mass is 19.1. The van der Waals surface area contributed by atoms with Gasteiger partial charge in [0.1, 0.15) is 11.5 Å². The standard InChI is InChI=1S/C20H18FN3O2/c1-13-5-3-6-14(2)19(13)22-20(26)17-9-10-18(25)24(23-17)12-15-7-4-8-16(21)11-15/h3-11H,12H2,1-2H3,(H,22,26). The molecule has 0 spiro atoms. The van der Waals surface area contributed by atoms with Gasteiger partial charge in [0.15, 0.2) is 0 Å². The van der Waals surface area contributed by atoms with Crippen LogP contribution in [0.5, 0.6) is 0 Å². The number of amides is 1. The Hall–Kier alpha value is -3.28. The van der Waals surface area contributed by atoms with Gasteiger partial charge in [0.2, 0.25) is 0 Å². The molecule has 0 aliphatic rings. The van der Waals surface area contributed by atoms with Gasteiger partial charge in [-0.2, -0.15) is 5.10 Å². The van der Waals surface area contributed by atoms with Crippen LogP contribution in [-0.2, 0) is 6.54 Å². The summed E-state index contributed by atoms with van der Waals surface area (Å²) in [6, 6.07) is 14.3. The first-order valence-corrected chi connectivity index (χ1v) is 8.14. The van der Waals surface area contributed by atoms with Crippen molar-refractivity contribution in [3.05, 3.63) is 93.2 Å². The molecule has 1 aromatic heterocycles. The molecule has 0 bridgehead atoms. The number of para-hydroxylation sites is 1. The minimum atomic E-state index is -0.407. The van der Waals surface area contributed by atoms with Crippen LogP contribution in [0.1, 0.15) is 27.2 Å². The van der Waals surface area contributed by atoms with Gasteiger partial charge in [-0.25, -0.2) is 9.07 Å². The van der Waals surface area contributed by atoms with Gasteiger partial charge in [-0.15, -0.1) is 0 Å². The fourth-order valence-electron chi connectivity index (χ4n) is 2.68. The molecule has 0 saturated heterocycles. The van der Waals surface area contributed by atoms with E-state index in [2.05, 4.69) is 10.4 Å². The van der Waals surface area contributed by atoms with Gasteiger partial charge in [-0.1, -0.05) is 30.3 Å². The van der Waals surface area contributed by atoms with Crippen LogP contribution in [-0.4, -0.2) is 15.7 Å². The number of hydrogen-bond acceptors (Lipinski definition) is 3. The average Bonchev–Trinajstić information content (AvgIpc) is 2.60. The van der Waals surface area contributed by atoms with Crippen LogP contribution in [0.4, 0.5) is 10.1 Å². The molecule has 0 radical (unpaired) electrons. The molecule has 1 heterocycles. The number of anilines is 1. The van der Waals surface area contributed by atoms with Gasteiger partial charge < -0.3 is 5.32 Å². The predicted octanol–water partition coefficient (Wildman–Crippen LogP) is 3.30. The lowest BCUT2D eigenvalue weighted by Crippen LogP contribution is -2.26. The van der Waals surface area contributed by atoms with E-state index in [0.29, 0.717) is 5.56 Å². The van der Waals surface area contributed by atoms with Crippen LogP contribution in [0.3, 0.4) is 0 Å². The highest BCUT2D eigenvalue weighted by molar-refractivity contribution is 6.03. The number of nitrogens with zero attached hydrogens (tertiary/aromatic N) is 2. The van der Waals surface area contributed by atoms with Gasteiger partial charge in [0.25, 0.3) is 11.5 Å². The SMILES string of the molecule is Cc1cccc(C)c1NC(=O)c1ccc(=O)n(Cc2cccc(F)c2)n1. The Labute approximate surface area is 150 Å². The molecule has 2 aromatic carbocycles. The van der Waals surface area contributed by atoms with Crippen molar-refractivity contribution in [2.75, 3.05) is 5.32 Å². The van der Waals surface area contributed by atoms with Crippen molar-refractivity contribution in [1.82, 2.24) is 9.78 Å². The van der Waals surface area contributed by atoms with Crippen LogP contribution in [0, 0.1) is 19.7 Å². The van der Waals surface area contributed by atoms with Crippen molar-refractivity contribution in [1.29, 1.82) is 0 Å². The third-order valence-electron chi connectivity index (χ3n) is 4.04. The van der Waals surface area contributed by atoms with E-state index >= 15 is 0 Å². The highest BCUT2D eigenvalue weighted by Crippen LogP contribution is 2.19. The normalized spacial score (nSPS) is 10.6. The minimum Gasteiger partial charge on any atom is -0.320 e. The highest BCUT2D eigenvalue weighted by Gasteiger charge is 2.13. The summed E-state index contributed by atoms with van der Waals surface area (Å²) in [5.74, 6) is -0.796. The van der Waals surface area contributed by atoms with E-state index in [4.69, 9.17) is 0 Å². The predicted molar refractivity (Wildman–Crippen MR) is 97.9 cm³/mol. The van der Waals surface area contributed by atoms with E-state index in [-0.39, 0.29) is 23.6 Å². The van der Waals surface area contributed by atoms with Crippen molar-refractivity contribution in [2.24, 2.45) is 0 Å². The van der Waals surface area contributed by atoms with E-state index in [9.17, 15) is 14.0 Å². The fraction of sp³-hybridized carbons (Fsp3) is 0.150.